The molecule has 2 aromatic rings. The molecule has 0 saturated carbocycles. The Morgan fingerprint density at radius 3 is 2.56 bits per heavy atom. The van der Waals surface area contributed by atoms with Gasteiger partial charge in [0.25, 0.3) is 0 Å². The number of hydrogen-bond acceptors (Lipinski definition) is 3. The van der Waals surface area contributed by atoms with Crippen LogP contribution in [0.15, 0.2) is 24.3 Å². The van der Waals surface area contributed by atoms with Crippen molar-refractivity contribution in [3.63, 3.8) is 0 Å². The summed E-state index contributed by atoms with van der Waals surface area (Å²) in [6, 6.07) is 8.24. The van der Waals surface area contributed by atoms with Crippen LogP contribution < -0.4 is 0 Å². The molecular weight excluding hydrogens is 218 g/mol. The van der Waals surface area contributed by atoms with Gasteiger partial charge in [0, 0.05) is 16.9 Å². The minimum absolute atomic E-state index is 0.453. The topological polar surface area (TPSA) is 30.0 Å². The van der Waals surface area contributed by atoms with Crippen LogP contribution in [0, 0.1) is 13.8 Å². The first kappa shape index (κ1) is 11.0. The summed E-state index contributed by atoms with van der Waals surface area (Å²) < 4.78 is 0. The van der Waals surface area contributed by atoms with Crippen molar-refractivity contribution in [3.05, 3.63) is 39.7 Å². The van der Waals surface area contributed by atoms with E-state index in [1.54, 1.807) is 11.3 Å². The summed E-state index contributed by atoms with van der Waals surface area (Å²) in [6.07, 6.45) is 1.39. The maximum absolute atomic E-state index is 10.6. The number of carbonyl (C=O) groups is 1. The highest BCUT2D eigenvalue weighted by Gasteiger charge is 2.10. The van der Waals surface area contributed by atoms with Crippen LogP contribution in [0.4, 0.5) is 0 Å². The number of nitrogens with zero attached hydrogens (tertiary/aromatic N) is 1. The maximum atomic E-state index is 10.6. The fraction of sp³-hybridized carbons (Fsp3) is 0.231. The van der Waals surface area contributed by atoms with E-state index < -0.39 is 0 Å². The van der Waals surface area contributed by atoms with Crippen LogP contribution in [-0.4, -0.2) is 11.3 Å². The third kappa shape index (κ3) is 2.19. The molecule has 0 aliphatic rings. The summed E-state index contributed by atoms with van der Waals surface area (Å²) in [4.78, 5) is 16.1. The van der Waals surface area contributed by atoms with Gasteiger partial charge in [0.1, 0.15) is 6.29 Å². The molecule has 82 valence electrons. The molecule has 0 aliphatic carbocycles. The molecule has 0 unspecified atom stereocenters. The molecule has 0 fully saturated rings. The number of aromatic nitrogens is 1. The predicted molar refractivity (Wildman–Crippen MR) is 66.8 cm³/mol. The van der Waals surface area contributed by atoms with Crippen molar-refractivity contribution >= 4 is 17.6 Å². The largest absolute Gasteiger partial charge is 0.303 e. The fourth-order valence-electron chi connectivity index (χ4n) is 1.62. The molecule has 0 amide bonds. The zero-order valence-corrected chi connectivity index (χ0v) is 10.2. The molecule has 1 heterocycles. The van der Waals surface area contributed by atoms with E-state index in [-0.39, 0.29) is 0 Å². The average molecular weight is 231 g/mol. The second-order valence-electron chi connectivity index (χ2n) is 3.74. The third-order valence-corrected chi connectivity index (χ3v) is 3.39. The highest BCUT2D eigenvalue weighted by molar-refractivity contribution is 7.12. The standard InChI is InChI=1S/C13H13NOS/c1-9-3-5-11(6-4-9)13-12(7-8-15)16-10(2)14-13/h3-6,8H,7H2,1-2H3. The first-order valence-corrected chi connectivity index (χ1v) is 5.99. The second-order valence-corrected chi connectivity index (χ2v) is 5.03. The molecule has 0 radical (unpaired) electrons. The predicted octanol–water partition coefficient (Wildman–Crippen LogP) is 3.17. The number of aldehydes is 1. The number of thiazole rings is 1. The summed E-state index contributed by atoms with van der Waals surface area (Å²) in [6.45, 7) is 4.03. The Labute approximate surface area is 99.0 Å². The molecule has 0 spiro atoms. The van der Waals surface area contributed by atoms with Crippen LogP contribution >= 0.6 is 11.3 Å². The second kappa shape index (κ2) is 4.58. The molecule has 0 bridgehead atoms. The summed E-state index contributed by atoms with van der Waals surface area (Å²) in [5.74, 6) is 0. The lowest BCUT2D eigenvalue weighted by molar-refractivity contribution is -0.107. The van der Waals surface area contributed by atoms with Gasteiger partial charge < -0.3 is 4.79 Å². The molecule has 3 heteroatoms. The zero-order chi connectivity index (χ0) is 11.5. The van der Waals surface area contributed by atoms with E-state index in [0.717, 1.165) is 27.4 Å². The van der Waals surface area contributed by atoms with E-state index in [1.807, 2.05) is 6.92 Å². The maximum Gasteiger partial charge on any atom is 0.125 e. The van der Waals surface area contributed by atoms with Crippen molar-refractivity contribution in [2.45, 2.75) is 20.3 Å². The summed E-state index contributed by atoms with van der Waals surface area (Å²) in [5.41, 5.74) is 3.27. The third-order valence-electron chi connectivity index (χ3n) is 2.40. The van der Waals surface area contributed by atoms with Gasteiger partial charge in [-0.05, 0) is 13.8 Å². The summed E-state index contributed by atoms with van der Waals surface area (Å²) >= 11 is 1.60. The Balaban J connectivity index is 2.45. The Morgan fingerprint density at radius 2 is 1.94 bits per heavy atom. The molecule has 1 aromatic carbocycles. The Kier molecular flexibility index (Phi) is 3.15. The van der Waals surface area contributed by atoms with Gasteiger partial charge in [0.15, 0.2) is 0 Å². The average Bonchev–Trinajstić information content (AvgIpc) is 2.61. The van der Waals surface area contributed by atoms with Gasteiger partial charge >= 0.3 is 0 Å². The van der Waals surface area contributed by atoms with Crippen molar-refractivity contribution in [2.75, 3.05) is 0 Å². The number of benzene rings is 1. The van der Waals surface area contributed by atoms with Gasteiger partial charge in [-0.1, -0.05) is 29.8 Å². The highest BCUT2D eigenvalue weighted by Crippen LogP contribution is 2.28. The van der Waals surface area contributed by atoms with Crippen molar-refractivity contribution in [1.29, 1.82) is 0 Å². The van der Waals surface area contributed by atoms with E-state index in [0.29, 0.717) is 6.42 Å². The smallest absolute Gasteiger partial charge is 0.125 e. The van der Waals surface area contributed by atoms with E-state index in [9.17, 15) is 4.79 Å². The quantitative estimate of drug-likeness (QED) is 0.759. The SMILES string of the molecule is Cc1ccc(-c2nc(C)sc2CC=O)cc1. The molecule has 0 aliphatic heterocycles. The van der Waals surface area contributed by atoms with Gasteiger partial charge in [-0.25, -0.2) is 4.98 Å². The normalized spacial score (nSPS) is 10.4. The lowest BCUT2D eigenvalue weighted by Gasteiger charge is -2.00. The number of hydrogen-bond donors (Lipinski definition) is 0. The van der Waals surface area contributed by atoms with Crippen LogP contribution in [-0.2, 0) is 11.2 Å². The highest BCUT2D eigenvalue weighted by atomic mass is 32.1. The van der Waals surface area contributed by atoms with E-state index >= 15 is 0 Å². The van der Waals surface area contributed by atoms with Gasteiger partial charge in [0.05, 0.1) is 10.7 Å². The fourth-order valence-corrected chi connectivity index (χ4v) is 2.53. The van der Waals surface area contributed by atoms with E-state index in [1.165, 1.54) is 5.56 Å². The zero-order valence-electron chi connectivity index (χ0n) is 9.36. The molecule has 1 aromatic heterocycles. The summed E-state index contributed by atoms with van der Waals surface area (Å²) in [5, 5.41) is 1.01. The molecule has 2 rings (SSSR count). The van der Waals surface area contributed by atoms with E-state index in [2.05, 4.69) is 36.2 Å². The minimum atomic E-state index is 0.453. The first-order chi connectivity index (χ1) is 7.70. The molecule has 2 nitrogen and oxygen atoms in total. The van der Waals surface area contributed by atoms with Crippen LogP contribution in [0.2, 0.25) is 0 Å². The van der Waals surface area contributed by atoms with Gasteiger partial charge in [-0.3, -0.25) is 0 Å². The van der Waals surface area contributed by atoms with Gasteiger partial charge in [-0.2, -0.15) is 0 Å². The van der Waals surface area contributed by atoms with Crippen molar-refractivity contribution in [2.24, 2.45) is 0 Å². The monoisotopic (exact) mass is 231 g/mol. The van der Waals surface area contributed by atoms with Crippen LogP contribution in [0.3, 0.4) is 0 Å². The number of rotatable bonds is 3. The molecular formula is C13H13NOS. The lowest BCUT2D eigenvalue weighted by atomic mass is 10.1. The molecule has 16 heavy (non-hydrogen) atoms. The summed E-state index contributed by atoms with van der Waals surface area (Å²) in [7, 11) is 0. The minimum Gasteiger partial charge on any atom is -0.303 e. The van der Waals surface area contributed by atoms with Crippen LogP contribution in [0.25, 0.3) is 11.3 Å². The van der Waals surface area contributed by atoms with Gasteiger partial charge in [-0.15, -0.1) is 11.3 Å². The van der Waals surface area contributed by atoms with Crippen molar-refractivity contribution < 1.29 is 4.79 Å². The first-order valence-electron chi connectivity index (χ1n) is 5.17. The van der Waals surface area contributed by atoms with E-state index in [4.69, 9.17) is 0 Å². The molecule has 0 atom stereocenters. The number of aryl methyl sites for hydroxylation is 2. The lowest BCUT2D eigenvalue weighted by Crippen LogP contribution is -1.87. The molecule has 0 N–H and O–H groups in total. The number of carbonyl (C=O) groups excluding carboxylic acids is 1. The molecule has 0 saturated heterocycles. The Morgan fingerprint density at radius 1 is 1.25 bits per heavy atom. The van der Waals surface area contributed by atoms with Crippen molar-refractivity contribution in [1.82, 2.24) is 4.98 Å². The van der Waals surface area contributed by atoms with Crippen molar-refractivity contribution in [3.8, 4) is 11.3 Å². The van der Waals surface area contributed by atoms with Crippen LogP contribution in [0.1, 0.15) is 15.4 Å². The Hall–Kier alpha value is -1.48. The Bertz CT molecular complexity index is 499. The van der Waals surface area contributed by atoms with Gasteiger partial charge in [0.2, 0.25) is 0 Å². The van der Waals surface area contributed by atoms with Crippen LogP contribution in [0.5, 0.6) is 0 Å².